The quantitative estimate of drug-likeness (QED) is 0.641. The molecule has 0 aliphatic heterocycles. The standard InChI is InChI=1S/C12H15Cl2NO2/c1-2-17-12(16)5-6-15-8-9-3-4-10(13)7-11(9)14/h3-4,7,15H,2,5-6,8H2,1H3. The molecule has 94 valence electrons. The van der Waals surface area contributed by atoms with E-state index < -0.39 is 0 Å². The number of hydrogen-bond acceptors (Lipinski definition) is 3. The largest absolute Gasteiger partial charge is 0.466 e. The van der Waals surface area contributed by atoms with Crippen molar-refractivity contribution in [3.8, 4) is 0 Å². The Hall–Kier alpha value is -0.770. The van der Waals surface area contributed by atoms with Crippen LogP contribution in [0.4, 0.5) is 0 Å². The van der Waals surface area contributed by atoms with E-state index in [4.69, 9.17) is 27.9 Å². The summed E-state index contributed by atoms with van der Waals surface area (Å²) in [4.78, 5) is 11.1. The molecule has 0 saturated carbocycles. The summed E-state index contributed by atoms with van der Waals surface area (Å²) in [5.74, 6) is -0.192. The van der Waals surface area contributed by atoms with Crippen molar-refractivity contribution in [2.45, 2.75) is 19.9 Å². The fourth-order valence-corrected chi connectivity index (χ4v) is 1.79. The zero-order valence-electron chi connectivity index (χ0n) is 9.63. The molecule has 1 aromatic carbocycles. The summed E-state index contributed by atoms with van der Waals surface area (Å²) < 4.78 is 4.81. The molecule has 0 aromatic heterocycles. The lowest BCUT2D eigenvalue weighted by Crippen LogP contribution is -2.19. The summed E-state index contributed by atoms with van der Waals surface area (Å²) >= 11 is 11.8. The predicted octanol–water partition coefficient (Wildman–Crippen LogP) is 3.04. The van der Waals surface area contributed by atoms with Gasteiger partial charge in [-0.2, -0.15) is 0 Å². The number of carbonyl (C=O) groups is 1. The number of esters is 1. The molecule has 17 heavy (non-hydrogen) atoms. The average molecular weight is 276 g/mol. The van der Waals surface area contributed by atoms with Crippen molar-refractivity contribution in [3.63, 3.8) is 0 Å². The van der Waals surface area contributed by atoms with Gasteiger partial charge in [-0.1, -0.05) is 29.3 Å². The third kappa shape index (κ3) is 5.39. The smallest absolute Gasteiger partial charge is 0.307 e. The molecule has 5 heteroatoms. The number of nitrogens with one attached hydrogen (secondary N) is 1. The molecule has 0 heterocycles. The Bertz CT molecular complexity index is 383. The number of halogens is 2. The molecule has 1 aromatic rings. The van der Waals surface area contributed by atoms with Gasteiger partial charge < -0.3 is 10.1 Å². The molecule has 0 aliphatic carbocycles. The van der Waals surface area contributed by atoms with Crippen LogP contribution in [0.3, 0.4) is 0 Å². The molecular formula is C12H15Cl2NO2. The van der Waals surface area contributed by atoms with Crippen LogP contribution in [0, 0.1) is 0 Å². The number of rotatable bonds is 6. The zero-order valence-corrected chi connectivity index (χ0v) is 11.1. The van der Waals surface area contributed by atoms with Gasteiger partial charge in [-0.15, -0.1) is 0 Å². The van der Waals surface area contributed by atoms with Gasteiger partial charge in [-0.25, -0.2) is 0 Å². The van der Waals surface area contributed by atoms with Gasteiger partial charge in [0.25, 0.3) is 0 Å². The second kappa shape index (κ2) is 7.54. The minimum atomic E-state index is -0.192. The van der Waals surface area contributed by atoms with Crippen molar-refractivity contribution in [2.75, 3.05) is 13.2 Å². The van der Waals surface area contributed by atoms with Crippen molar-refractivity contribution < 1.29 is 9.53 Å². The highest BCUT2D eigenvalue weighted by Gasteiger charge is 2.03. The molecule has 1 rings (SSSR count). The number of benzene rings is 1. The number of ether oxygens (including phenoxy) is 1. The van der Waals surface area contributed by atoms with E-state index in [0.29, 0.717) is 36.2 Å². The summed E-state index contributed by atoms with van der Waals surface area (Å²) in [6, 6.07) is 5.35. The summed E-state index contributed by atoms with van der Waals surface area (Å²) in [5.41, 5.74) is 0.958. The third-order valence-corrected chi connectivity index (χ3v) is 2.73. The van der Waals surface area contributed by atoms with Gasteiger partial charge in [-0.3, -0.25) is 4.79 Å². The highest BCUT2D eigenvalue weighted by molar-refractivity contribution is 6.35. The molecule has 0 fully saturated rings. The maximum absolute atomic E-state index is 11.1. The van der Waals surface area contributed by atoms with Crippen LogP contribution < -0.4 is 5.32 Å². The lowest BCUT2D eigenvalue weighted by Gasteiger charge is -2.06. The Balaban J connectivity index is 2.29. The van der Waals surface area contributed by atoms with E-state index in [0.717, 1.165) is 5.56 Å². The second-order valence-corrected chi connectivity index (χ2v) is 4.31. The lowest BCUT2D eigenvalue weighted by molar-refractivity contribution is -0.142. The first-order valence-corrected chi connectivity index (χ1v) is 6.19. The van der Waals surface area contributed by atoms with E-state index in [9.17, 15) is 4.79 Å². The van der Waals surface area contributed by atoms with Crippen LogP contribution in [0.2, 0.25) is 10.0 Å². The molecule has 0 unspecified atom stereocenters. The van der Waals surface area contributed by atoms with Crippen LogP contribution in [-0.2, 0) is 16.1 Å². The van der Waals surface area contributed by atoms with Crippen LogP contribution in [0.25, 0.3) is 0 Å². The van der Waals surface area contributed by atoms with Crippen molar-refractivity contribution in [3.05, 3.63) is 33.8 Å². The summed E-state index contributed by atoms with van der Waals surface area (Å²) in [7, 11) is 0. The Kier molecular flexibility index (Phi) is 6.34. The van der Waals surface area contributed by atoms with Gasteiger partial charge in [0, 0.05) is 23.1 Å². The first-order valence-electron chi connectivity index (χ1n) is 5.43. The molecule has 3 nitrogen and oxygen atoms in total. The fourth-order valence-electron chi connectivity index (χ4n) is 1.31. The highest BCUT2D eigenvalue weighted by Crippen LogP contribution is 2.20. The van der Waals surface area contributed by atoms with Crippen LogP contribution in [0.5, 0.6) is 0 Å². The van der Waals surface area contributed by atoms with Crippen molar-refractivity contribution >= 4 is 29.2 Å². The fraction of sp³-hybridized carbons (Fsp3) is 0.417. The highest BCUT2D eigenvalue weighted by atomic mass is 35.5. The minimum absolute atomic E-state index is 0.192. The van der Waals surface area contributed by atoms with Crippen molar-refractivity contribution in [1.82, 2.24) is 5.32 Å². The molecule has 0 atom stereocenters. The third-order valence-electron chi connectivity index (χ3n) is 2.14. The molecule has 0 radical (unpaired) electrons. The minimum Gasteiger partial charge on any atom is -0.466 e. The Morgan fingerprint density at radius 2 is 2.18 bits per heavy atom. The SMILES string of the molecule is CCOC(=O)CCNCc1ccc(Cl)cc1Cl. The molecule has 0 aliphatic rings. The topological polar surface area (TPSA) is 38.3 Å². The molecule has 0 bridgehead atoms. The molecule has 0 saturated heterocycles. The van der Waals surface area contributed by atoms with Gasteiger partial charge >= 0.3 is 5.97 Å². The van der Waals surface area contributed by atoms with E-state index in [-0.39, 0.29) is 5.97 Å². The molecular weight excluding hydrogens is 261 g/mol. The monoisotopic (exact) mass is 275 g/mol. The second-order valence-electron chi connectivity index (χ2n) is 3.47. The Morgan fingerprint density at radius 3 is 2.82 bits per heavy atom. The van der Waals surface area contributed by atoms with Crippen LogP contribution in [0.1, 0.15) is 18.9 Å². The molecule has 0 amide bonds. The Labute approximate surface area is 111 Å². The summed E-state index contributed by atoms with van der Waals surface area (Å²) in [6.07, 6.45) is 0.360. The zero-order chi connectivity index (χ0) is 12.7. The summed E-state index contributed by atoms with van der Waals surface area (Å²) in [6.45, 7) is 3.38. The Morgan fingerprint density at radius 1 is 1.41 bits per heavy atom. The van der Waals surface area contributed by atoms with E-state index in [2.05, 4.69) is 5.32 Å². The van der Waals surface area contributed by atoms with Crippen molar-refractivity contribution in [1.29, 1.82) is 0 Å². The molecule has 1 N–H and O–H groups in total. The van der Waals surface area contributed by atoms with E-state index in [1.165, 1.54) is 0 Å². The predicted molar refractivity (Wildman–Crippen MR) is 69.4 cm³/mol. The van der Waals surface area contributed by atoms with Crippen molar-refractivity contribution in [2.24, 2.45) is 0 Å². The van der Waals surface area contributed by atoms with Gasteiger partial charge in [0.15, 0.2) is 0 Å². The van der Waals surface area contributed by atoms with Gasteiger partial charge in [0.1, 0.15) is 0 Å². The van der Waals surface area contributed by atoms with Gasteiger partial charge in [-0.05, 0) is 24.6 Å². The average Bonchev–Trinajstić information content (AvgIpc) is 2.27. The van der Waals surface area contributed by atoms with Gasteiger partial charge in [0.2, 0.25) is 0 Å². The van der Waals surface area contributed by atoms with Crippen LogP contribution >= 0.6 is 23.2 Å². The van der Waals surface area contributed by atoms with Gasteiger partial charge in [0.05, 0.1) is 13.0 Å². The number of carbonyl (C=O) groups excluding carboxylic acids is 1. The molecule has 0 spiro atoms. The van der Waals surface area contributed by atoms with E-state index in [1.807, 2.05) is 6.07 Å². The first-order chi connectivity index (χ1) is 8.13. The van der Waals surface area contributed by atoms with E-state index >= 15 is 0 Å². The lowest BCUT2D eigenvalue weighted by atomic mass is 10.2. The summed E-state index contributed by atoms with van der Waals surface area (Å²) in [5, 5.41) is 4.36. The normalized spacial score (nSPS) is 10.3. The van der Waals surface area contributed by atoms with Crippen LogP contribution in [-0.4, -0.2) is 19.1 Å². The van der Waals surface area contributed by atoms with Crippen LogP contribution in [0.15, 0.2) is 18.2 Å². The maximum atomic E-state index is 11.1. The van der Waals surface area contributed by atoms with E-state index in [1.54, 1.807) is 19.1 Å². The number of hydrogen-bond donors (Lipinski definition) is 1. The maximum Gasteiger partial charge on any atom is 0.307 e. The first kappa shape index (κ1) is 14.3.